The molecule has 1 unspecified atom stereocenters. The summed E-state index contributed by atoms with van der Waals surface area (Å²) < 4.78 is 13.5. The van der Waals surface area contributed by atoms with Crippen LogP contribution in [0.5, 0.6) is 0 Å². The molecule has 0 heterocycles. The molecule has 3 N–H and O–H groups in total. The molecule has 1 aliphatic carbocycles. The molecule has 3 aromatic rings. The summed E-state index contributed by atoms with van der Waals surface area (Å²) in [5.41, 5.74) is 5.04. The Morgan fingerprint density at radius 3 is 2.28 bits per heavy atom. The Kier molecular flexibility index (Phi) is 5.13. The van der Waals surface area contributed by atoms with Crippen LogP contribution in [-0.4, -0.2) is 16.6 Å². The second-order valence-electron chi connectivity index (χ2n) is 8.23. The third kappa shape index (κ3) is 3.42. The molecular formula is C25H26FNO2. The average molecular weight is 391 g/mol. The van der Waals surface area contributed by atoms with E-state index in [0.29, 0.717) is 12.8 Å². The van der Waals surface area contributed by atoms with E-state index in [9.17, 15) is 14.3 Å². The van der Waals surface area contributed by atoms with E-state index in [0.717, 1.165) is 41.2 Å². The van der Waals surface area contributed by atoms with E-state index in [-0.39, 0.29) is 12.2 Å². The fourth-order valence-electron chi connectivity index (χ4n) is 4.92. The standard InChI is InChI=1S/C25H26FNO2/c26-22-12-8-18(9-13-22)17-25(23(27)28,24(29)14-4-1-5-15-24)21-11-10-19-6-2-3-7-20(19)16-21/h2-3,6-13,16,29H,1,4-5,14-15,17H2,(H2,27,28). The number of benzene rings is 3. The Labute approximate surface area is 170 Å². The summed E-state index contributed by atoms with van der Waals surface area (Å²) in [7, 11) is 0. The molecule has 0 saturated heterocycles. The van der Waals surface area contributed by atoms with Crippen LogP contribution >= 0.6 is 0 Å². The van der Waals surface area contributed by atoms with Gasteiger partial charge < -0.3 is 10.8 Å². The number of primary amides is 1. The Morgan fingerprint density at radius 2 is 1.62 bits per heavy atom. The number of carbonyl (C=O) groups excluding carboxylic acids is 1. The van der Waals surface area contributed by atoms with E-state index in [1.54, 1.807) is 12.1 Å². The van der Waals surface area contributed by atoms with Crippen LogP contribution in [0.3, 0.4) is 0 Å². The number of rotatable bonds is 5. The number of hydrogen-bond acceptors (Lipinski definition) is 2. The van der Waals surface area contributed by atoms with Crippen molar-refractivity contribution in [3.63, 3.8) is 0 Å². The minimum absolute atomic E-state index is 0.234. The summed E-state index contributed by atoms with van der Waals surface area (Å²) in [6, 6.07) is 19.9. The van der Waals surface area contributed by atoms with Crippen LogP contribution in [0.1, 0.15) is 43.2 Å². The molecule has 4 rings (SSSR count). The van der Waals surface area contributed by atoms with Gasteiger partial charge in [0.05, 0.1) is 5.60 Å². The topological polar surface area (TPSA) is 63.3 Å². The van der Waals surface area contributed by atoms with Crippen molar-refractivity contribution in [2.24, 2.45) is 5.73 Å². The SMILES string of the molecule is NC(=O)C(Cc1ccc(F)cc1)(c1ccc2ccccc2c1)C1(O)CCCCC1. The van der Waals surface area contributed by atoms with Crippen molar-refractivity contribution >= 4 is 16.7 Å². The highest BCUT2D eigenvalue weighted by molar-refractivity contribution is 5.91. The Hall–Kier alpha value is -2.72. The lowest BCUT2D eigenvalue weighted by molar-refractivity contribution is -0.140. The molecule has 0 aliphatic heterocycles. The van der Waals surface area contributed by atoms with Gasteiger partial charge in [-0.05, 0) is 59.4 Å². The van der Waals surface area contributed by atoms with Crippen molar-refractivity contribution in [1.82, 2.24) is 0 Å². The lowest BCUT2D eigenvalue weighted by Crippen LogP contribution is -2.61. The number of fused-ring (bicyclic) bond motifs is 1. The average Bonchev–Trinajstić information content (AvgIpc) is 2.73. The van der Waals surface area contributed by atoms with Crippen LogP contribution < -0.4 is 5.73 Å². The zero-order chi connectivity index (χ0) is 20.5. The van der Waals surface area contributed by atoms with Crippen molar-refractivity contribution in [1.29, 1.82) is 0 Å². The smallest absolute Gasteiger partial charge is 0.231 e. The van der Waals surface area contributed by atoms with Crippen LogP contribution in [0, 0.1) is 5.82 Å². The number of nitrogens with two attached hydrogens (primary N) is 1. The van der Waals surface area contributed by atoms with Gasteiger partial charge in [-0.3, -0.25) is 4.79 Å². The first kappa shape index (κ1) is 19.6. The summed E-state index contributed by atoms with van der Waals surface area (Å²) in [6.45, 7) is 0. The molecule has 1 saturated carbocycles. The Morgan fingerprint density at radius 1 is 0.966 bits per heavy atom. The van der Waals surface area contributed by atoms with Gasteiger partial charge in [-0.25, -0.2) is 4.39 Å². The lowest BCUT2D eigenvalue weighted by Gasteiger charge is -2.48. The maximum atomic E-state index is 13.5. The summed E-state index contributed by atoms with van der Waals surface area (Å²) >= 11 is 0. The Balaban J connectivity index is 1.92. The van der Waals surface area contributed by atoms with Gasteiger partial charge in [0.1, 0.15) is 11.2 Å². The van der Waals surface area contributed by atoms with Gasteiger partial charge in [-0.1, -0.05) is 67.8 Å². The Bertz CT molecular complexity index is 1020. The second kappa shape index (κ2) is 7.60. The molecule has 1 fully saturated rings. The fourth-order valence-corrected chi connectivity index (χ4v) is 4.92. The molecule has 0 bridgehead atoms. The molecule has 0 radical (unpaired) electrons. The van der Waals surface area contributed by atoms with E-state index >= 15 is 0 Å². The van der Waals surface area contributed by atoms with Gasteiger partial charge in [0, 0.05) is 0 Å². The molecule has 0 spiro atoms. The molecule has 3 nitrogen and oxygen atoms in total. The molecule has 29 heavy (non-hydrogen) atoms. The summed E-state index contributed by atoms with van der Waals surface area (Å²) in [5.74, 6) is -0.873. The largest absolute Gasteiger partial charge is 0.388 e. The summed E-state index contributed by atoms with van der Waals surface area (Å²) in [5, 5.41) is 13.9. The highest BCUT2D eigenvalue weighted by Crippen LogP contribution is 2.47. The van der Waals surface area contributed by atoms with Gasteiger partial charge in [-0.2, -0.15) is 0 Å². The lowest BCUT2D eigenvalue weighted by atomic mass is 9.58. The fraction of sp³-hybridized carbons (Fsp3) is 0.320. The molecule has 3 aromatic carbocycles. The first-order valence-electron chi connectivity index (χ1n) is 10.2. The van der Waals surface area contributed by atoms with Crippen molar-refractivity contribution in [3.05, 3.63) is 83.7 Å². The monoisotopic (exact) mass is 391 g/mol. The third-order valence-corrected chi connectivity index (χ3v) is 6.52. The number of aliphatic hydroxyl groups is 1. The van der Waals surface area contributed by atoms with Crippen molar-refractivity contribution in [2.45, 2.75) is 49.5 Å². The first-order valence-corrected chi connectivity index (χ1v) is 10.2. The summed E-state index contributed by atoms with van der Waals surface area (Å²) in [4.78, 5) is 13.1. The quantitative estimate of drug-likeness (QED) is 0.665. The molecular weight excluding hydrogens is 365 g/mol. The van der Waals surface area contributed by atoms with E-state index in [2.05, 4.69) is 0 Å². The normalized spacial score (nSPS) is 18.3. The highest BCUT2D eigenvalue weighted by atomic mass is 19.1. The van der Waals surface area contributed by atoms with E-state index in [1.807, 2.05) is 42.5 Å². The van der Waals surface area contributed by atoms with Crippen LogP contribution in [0.15, 0.2) is 66.7 Å². The van der Waals surface area contributed by atoms with Crippen molar-refractivity contribution in [3.8, 4) is 0 Å². The first-order chi connectivity index (χ1) is 13.9. The minimum atomic E-state index is -1.28. The van der Waals surface area contributed by atoms with Gasteiger partial charge in [-0.15, -0.1) is 0 Å². The predicted molar refractivity (Wildman–Crippen MR) is 113 cm³/mol. The maximum Gasteiger partial charge on any atom is 0.231 e. The zero-order valence-corrected chi connectivity index (χ0v) is 16.4. The van der Waals surface area contributed by atoms with Gasteiger partial charge >= 0.3 is 0 Å². The number of halogens is 1. The molecule has 150 valence electrons. The molecule has 0 aromatic heterocycles. The predicted octanol–water partition coefficient (Wildman–Crippen LogP) is 4.64. The second-order valence-corrected chi connectivity index (χ2v) is 8.23. The summed E-state index contributed by atoms with van der Waals surface area (Å²) in [6.07, 6.45) is 4.00. The third-order valence-electron chi connectivity index (χ3n) is 6.52. The van der Waals surface area contributed by atoms with Crippen LogP contribution in [0.2, 0.25) is 0 Å². The zero-order valence-electron chi connectivity index (χ0n) is 16.4. The molecule has 4 heteroatoms. The van der Waals surface area contributed by atoms with Gasteiger partial charge in [0.2, 0.25) is 5.91 Å². The maximum absolute atomic E-state index is 13.5. The molecule has 1 aliphatic rings. The van der Waals surface area contributed by atoms with E-state index in [1.165, 1.54) is 12.1 Å². The minimum Gasteiger partial charge on any atom is -0.388 e. The van der Waals surface area contributed by atoms with Crippen LogP contribution in [-0.2, 0) is 16.6 Å². The van der Waals surface area contributed by atoms with E-state index < -0.39 is 16.9 Å². The van der Waals surface area contributed by atoms with Crippen LogP contribution in [0.25, 0.3) is 10.8 Å². The van der Waals surface area contributed by atoms with Gasteiger partial charge in [0.25, 0.3) is 0 Å². The van der Waals surface area contributed by atoms with Crippen molar-refractivity contribution < 1.29 is 14.3 Å². The van der Waals surface area contributed by atoms with Crippen LogP contribution in [0.4, 0.5) is 4.39 Å². The van der Waals surface area contributed by atoms with Gasteiger partial charge in [0.15, 0.2) is 0 Å². The molecule has 1 amide bonds. The number of amides is 1. The van der Waals surface area contributed by atoms with E-state index in [4.69, 9.17) is 5.73 Å². The number of carbonyl (C=O) groups is 1. The number of hydrogen-bond donors (Lipinski definition) is 2. The highest BCUT2D eigenvalue weighted by Gasteiger charge is 2.55. The van der Waals surface area contributed by atoms with Crippen molar-refractivity contribution in [2.75, 3.05) is 0 Å². The molecule has 1 atom stereocenters.